The molecule has 2 N–H and O–H groups in total. The molecular formula is C16H14ClF3N4O3. The van der Waals surface area contributed by atoms with E-state index in [1.54, 1.807) is 6.07 Å². The third kappa shape index (κ3) is 6.74. The fraction of sp³-hybridized carbons (Fsp3) is 0.250. The van der Waals surface area contributed by atoms with Crippen LogP contribution in [0.2, 0.25) is 5.02 Å². The van der Waals surface area contributed by atoms with Crippen molar-refractivity contribution in [2.24, 2.45) is 0 Å². The van der Waals surface area contributed by atoms with Crippen molar-refractivity contribution in [1.82, 2.24) is 9.97 Å². The largest absolute Gasteiger partial charge is 0.456 e. The molecule has 2 rings (SSSR count). The number of rotatable bonds is 7. The second-order valence-corrected chi connectivity index (χ2v) is 5.56. The van der Waals surface area contributed by atoms with Gasteiger partial charge in [0.2, 0.25) is 5.95 Å². The number of alkyl halides is 3. The molecule has 144 valence electrons. The van der Waals surface area contributed by atoms with Crippen LogP contribution >= 0.6 is 11.6 Å². The van der Waals surface area contributed by atoms with Gasteiger partial charge in [0.1, 0.15) is 0 Å². The van der Waals surface area contributed by atoms with Gasteiger partial charge in [0, 0.05) is 24.6 Å². The summed E-state index contributed by atoms with van der Waals surface area (Å²) in [7, 11) is 0. The topological polar surface area (TPSA) is 93.2 Å². The van der Waals surface area contributed by atoms with Crippen LogP contribution in [-0.2, 0) is 20.5 Å². The van der Waals surface area contributed by atoms with E-state index in [2.05, 4.69) is 20.6 Å². The van der Waals surface area contributed by atoms with Crippen molar-refractivity contribution in [2.45, 2.75) is 12.6 Å². The molecule has 7 nitrogen and oxygen atoms in total. The summed E-state index contributed by atoms with van der Waals surface area (Å²) in [5.74, 6) is -1.11. The number of carbonyl (C=O) groups excluding carboxylic acids is 2. The number of nitrogens with zero attached hydrogens (tertiary/aromatic N) is 2. The maximum absolute atomic E-state index is 12.8. The van der Waals surface area contributed by atoms with E-state index in [9.17, 15) is 22.8 Å². The molecule has 0 saturated carbocycles. The Morgan fingerprint density at radius 2 is 1.89 bits per heavy atom. The SMILES string of the molecule is O=C(COC(=O)CCNc1ncccn1)Nc1ccc(Cl)c(C(F)(F)F)c1. The van der Waals surface area contributed by atoms with Crippen LogP contribution in [0.4, 0.5) is 24.8 Å². The molecule has 2 aromatic rings. The highest BCUT2D eigenvalue weighted by Crippen LogP contribution is 2.36. The lowest BCUT2D eigenvalue weighted by atomic mass is 10.2. The molecule has 0 bridgehead atoms. The van der Waals surface area contributed by atoms with Crippen molar-refractivity contribution in [3.8, 4) is 0 Å². The quantitative estimate of drug-likeness (QED) is 0.691. The van der Waals surface area contributed by atoms with Gasteiger partial charge in [-0.2, -0.15) is 13.2 Å². The Labute approximate surface area is 156 Å². The van der Waals surface area contributed by atoms with E-state index >= 15 is 0 Å². The van der Waals surface area contributed by atoms with Crippen LogP contribution in [0.1, 0.15) is 12.0 Å². The molecule has 1 aromatic heterocycles. The zero-order chi connectivity index (χ0) is 19.9. The monoisotopic (exact) mass is 402 g/mol. The maximum Gasteiger partial charge on any atom is 0.417 e. The van der Waals surface area contributed by atoms with Gasteiger partial charge in [-0.05, 0) is 24.3 Å². The Balaban J connectivity index is 1.76. The minimum Gasteiger partial charge on any atom is -0.456 e. The molecule has 0 spiro atoms. The summed E-state index contributed by atoms with van der Waals surface area (Å²) in [6, 6.07) is 4.56. The van der Waals surface area contributed by atoms with E-state index < -0.39 is 35.2 Å². The summed E-state index contributed by atoms with van der Waals surface area (Å²) in [6.45, 7) is -0.443. The number of benzene rings is 1. The van der Waals surface area contributed by atoms with Crippen molar-refractivity contribution < 1.29 is 27.5 Å². The van der Waals surface area contributed by atoms with Gasteiger partial charge in [-0.3, -0.25) is 9.59 Å². The molecule has 0 radical (unpaired) electrons. The second kappa shape index (κ2) is 9.17. The Kier molecular flexibility index (Phi) is 6.94. The highest BCUT2D eigenvalue weighted by atomic mass is 35.5. The Morgan fingerprint density at radius 3 is 2.56 bits per heavy atom. The fourth-order valence-electron chi connectivity index (χ4n) is 1.90. The number of anilines is 2. The van der Waals surface area contributed by atoms with Gasteiger partial charge in [-0.1, -0.05) is 11.6 Å². The number of amides is 1. The van der Waals surface area contributed by atoms with Gasteiger partial charge in [0.05, 0.1) is 17.0 Å². The van der Waals surface area contributed by atoms with Crippen LogP contribution < -0.4 is 10.6 Å². The predicted molar refractivity (Wildman–Crippen MR) is 91.2 cm³/mol. The van der Waals surface area contributed by atoms with Crippen LogP contribution in [0.5, 0.6) is 0 Å². The molecule has 0 aliphatic rings. The zero-order valence-electron chi connectivity index (χ0n) is 13.7. The molecule has 0 aliphatic heterocycles. The molecule has 1 aromatic carbocycles. The number of halogens is 4. The lowest BCUT2D eigenvalue weighted by Gasteiger charge is -2.12. The average molecular weight is 403 g/mol. The van der Waals surface area contributed by atoms with E-state index in [1.165, 1.54) is 18.5 Å². The van der Waals surface area contributed by atoms with Gasteiger partial charge in [0.15, 0.2) is 6.61 Å². The number of ether oxygens (including phenoxy) is 1. The van der Waals surface area contributed by atoms with E-state index in [0.29, 0.717) is 12.0 Å². The smallest absolute Gasteiger partial charge is 0.417 e. The highest BCUT2D eigenvalue weighted by molar-refractivity contribution is 6.31. The van der Waals surface area contributed by atoms with Crippen LogP contribution in [0.3, 0.4) is 0 Å². The Hall–Kier alpha value is -2.88. The van der Waals surface area contributed by atoms with Crippen molar-refractivity contribution in [3.63, 3.8) is 0 Å². The summed E-state index contributed by atoms with van der Waals surface area (Å²) in [5, 5.41) is 4.51. The summed E-state index contributed by atoms with van der Waals surface area (Å²) < 4.78 is 43.1. The normalized spacial score (nSPS) is 11.0. The first-order valence-corrected chi connectivity index (χ1v) is 7.96. The van der Waals surface area contributed by atoms with Crippen LogP contribution in [-0.4, -0.2) is 35.0 Å². The third-order valence-corrected chi connectivity index (χ3v) is 3.43. The average Bonchev–Trinajstić information content (AvgIpc) is 2.61. The number of nitrogens with one attached hydrogen (secondary N) is 2. The number of hydrogen-bond donors (Lipinski definition) is 2. The van der Waals surface area contributed by atoms with Gasteiger partial charge in [-0.15, -0.1) is 0 Å². The second-order valence-electron chi connectivity index (χ2n) is 5.15. The van der Waals surface area contributed by atoms with Crippen LogP contribution in [0.25, 0.3) is 0 Å². The summed E-state index contributed by atoms with van der Waals surface area (Å²) in [4.78, 5) is 31.1. The van der Waals surface area contributed by atoms with Gasteiger partial charge < -0.3 is 15.4 Å². The van der Waals surface area contributed by atoms with Crippen molar-refractivity contribution in [2.75, 3.05) is 23.8 Å². The number of hydrogen-bond acceptors (Lipinski definition) is 6. The van der Waals surface area contributed by atoms with E-state index in [4.69, 9.17) is 16.3 Å². The number of esters is 1. The minimum atomic E-state index is -4.65. The Bertz CT molecular complexity index is 803. The van der Waals surface area contributed by atoms with Crippen molar-refractivity contribution in [1.29, 1.82) is 0 Å². The summed E-state index contributed by atoms with van der Waals surface area (Å²) in [6.07, 6.45) is -1.65. The molecule has 0 fully saturated rings. The number of carbonyl (C=O) groups is 2. The highest BCUT2D eigenvalue weighted by Gasteiger charge is 2.33. The molecule has 1 amide bonds. The van der Waals surface area contributed by atoms with Crippen molar-refractivity contribution >= 4 is 35.1 Å². The van der Waals surface area contributed by atoms with Crippen LogP contribution in [0.15, 0.2) is 36.7 Å². The Morgan fingerprint density at radius 1 is 1.19 bits per heavy atom. The first-order valence-electron chi connectivity index (χ1n) is 7.59. The molecule has 27 heavy (non-hydrogen) atoms. The van der Waals surface area contributed by atoms with E-state index in [1.807, 2.05) is 0 Å². The standard InChI is InChI=1S/C16H14ClF3N4O3/c17-12-3-2-10(8-11(12)16(18,19)20)24-13(25)9-27-14(26)4-7-23-15-21-5-1-6-22-15/h1-3,5-6,8H,4,7,9H2,(H,24,25)(H,21,22,23). The predicted octanol–water partition coefficient (Wildman–Crippen LogP) is 3.13. The maximum atomic E-state index is 12.8. The first-order chi connectivity index (χ1) is 12.8. The van der Waals surface area contributed by atoms with Gasteiger partial charge in [-0.25, -0.2) is 9.97 Å². The molecule has 1 heterocycles. The third-order valence-electron chi connectivity index (χ3n) is 3.10. The summed E-state index contributed by atoms with van der Waals surface area (Å²) >= 11 is 5.50. The zero-order valence-corrected chi connectivity index (χ0v) is 14.5. The van der Waals surface area contributed by atoms with E-state index in [-0.39, 0.29) is 18.7 Å². The molecule has 0 unspecified atom stereocenters. The summed E-state index contributed by atoms with van der Waals surface area (Å²) in [5.41, 5.74) is -1.19. The van der Waals surface area contributed by atoms with Gasteiger partial charge in [0.25, 0.3) is 5.91 Å². The molecule has 0 aliphatic carbocycles. The fourth-order valence-corrected chi connectivity index (χ4v) is 2.13. The lowest BCUT2D eigenvalue weighted by molar-refractivity contribution is -0.147. The first kappa shape index (κ1) is 20.4. The lowest BCUT2D eigenvalue weighted by Crippen LogP contribution is -2.22. The molecular weight excluding hydrogens is 389 g/mol. The number of aromatic nitrogens is 2. The van der Waals surface area contributed by atoms with Crippen molar-refractivity contribution in [3.05, 3.63) is 47.2 Å². The molecule has 11 heteroatoms. The van der Waals surface area contributed by atoms with Gasteiger partial charge >= 0.3 is 12.1 Å². The van der Waals surface area contributed by atoms with Crippen LogP contribution in [0, 0.1) is 0 Å². The molecule has 0 saturated heterocycles. The van der Waals surface area contributed by atoms with E-state index in [0.717, 1.165) is 6.07 Å². The molecule has 0 atom stereocenters. The minimum absolute atomic E-state index is 0.0509.